The fourth-order valence-corrected chi connectivity index (χ4v) is 2.68. The average Bonchev–Trinajstić information content (AvgIpc) is 2.57. The lowest BCUT2D eigenvalue weighted by Crippen LogP contribution is -2.17. The zero-order chi connectivity index (χ0) is 13.3. The van der Waals surface area contributed by atoms with Crippen molar-refractivity contribution in [3.8, 4) is 0 Å². The number of aromatic nitrogens is 2. The van der Waals surface area contributed by atoms with Gasteiger partial charge in [-0.3, -0.25) is 4.68 Å². The molecule has 1 aromatic heterocycles. The van der Waals surface area contributed by atoms with Crippen LogP contribution in [0.25, 0.3) is 0 Å². The molecule has 0 saturated carbocycles. The van der Waals surface area contributed by atoms with Gasteiger partial charge in [-0.2, -0.15) is 5.10 Å². The van der Waals surface area contributed by atoms with E-state index in [1.165, 1.54) is 6.07 Å². The molecule has 0 amide bonds. The molecule has 0 aliphatic carbocycles. The van der Waals surface area contributed by atoms with Gasteiger partial charge in [-0.05, 0) is 25.1 Å². The summed E-state index contributed by atoms with van der Waals surface area (Å²) in [6.45, 7) is 1.92. The zero-order valence-corrected chi connectivity index (χ0v) is 11.9. The second-order valence-corrected chi connectivity index (χ2v) is 5.20. The van der Waals surface area contributed by atoms with E-state index in [9.17, 15) is 4.39 Å². The monoisotopic (exact) mass is 311 g/mol. The van der Waals surface area contributed by atoms with Gasteiger partial charge < -0.3 is 5.73 Å². The quantitative estimate of drug-likeness (QED) is 0.947. The molecule has 0 spiro atoms. The van der Waals surface area contributed by atoms with E-state index in [0.717, 1.165) is 11.4 Å². The maximum absolute atomic E-state index is 13.8. The number of nitrogens with two attached hydrogens (primary N) is 1. The molecule has 18 heavy (non-hydrogen) atoms. The summed E-state index contributed by atoms with van der Waals surface area (Å²) < 4.78 is 16.3. The number of rotatable bonds is 3. The normalized spacial score (nSPS) is 12.7. The number of benzene rings is 1. The first-order valence-electron chi connectivity index (χ1n) is 5.68. The molecule has 2 aromatic rings. The Bertz CT molecular complexity index is 545. The number of halogens is 2. The summed E-state index contributed by atoms with van der Waals surface area (Å²) >= 11 is 3.34. The van der Waals surface area contributed by atoms with E-state index < -0.39 is 6.04 Å². The van der Waals surface area contributed by atoms with E-state index in [0.29, 0.717) is 16.5 Å². The fourth-order valence-electron chi connectivity index (χ4n) is 2.05. The Morgan fingerprint density at radius 2 is 2.22 bits per heavy atom. The van der Waals surface area contributed by atoms with Crippen LogP contribution in [-0.4, -0.2) is 9.78 Å². The first kappa shape index (κ1) is 13.2. The highest BCUT2D eigenvalue weighted by Crippen LogP contribution is 2.27. The van der Waals surface area contributed by atoms with Gasteiger partial charge in [0.05, 0.1) is 5.69 Å². The SMILES string of the molecule is Cc1cc(CC(N)c2c(F)cccc2Br)n(C)n1. The van der Waals surface area contributed by atoms with Crippen LogP contribution in [0.3, 0.4) is 0 Å². The first-order chi connectivity index (χ1) is 8.49. The second-order valence-electron chi connectivity index (χ2n) is 4.35. The molecule has 2 rings (SSSR count). The Kier molecular flexibility index (Phi) is 3.82. The van der Waals surface area contributed by atoms with Crippen molar-refractivity contribution in [2.45, 2.75) is 19.4 Å². The highest BCUT2D eigenvalue weighted by Gasteiger charge is 2.17. The largest absolute Gasteiger partial charge is 0.324 e. The Hall–Kier alpha value is -1.20. The molecule has 1 atom stereocenters. The van der Waals surface area contributed by atoms with Crippen molar-refractivity contribution in [2.24, 2.45) is 12.8 Å². The molecule has 0 aliphatic rings. The van der Waals surface area contributed by atoms with Crippen molar-refractivity contribution in [1.82, 2.24) is 9.78 Å². The Morgan fingerprint density at radius 1 is 1.50 bits per heavy atom. The molecule has 0 bridgehead atoms. The lowest BCUT2D eigenvalue weighted by atomic mass is 10.0. The summed E-state index contributed by atoms with van der Waals surface area (Å²) in [4.78, 5) is 0. The van der Waals surface area contributed by atoms with Crippen LogP contribution in [0, 0.1) is 12.7 Å². The lowest BCUT2D eigenvalue weighted by Gasteiger charge is -2.14. The van der Waals surface area contributed by atoms with E-state index in [-0.39, 0.29) is 5.82 Å². The van der Waals surface area contributed by atoms with Gasteiger partial charge >= 0.3 is 0 Å². The predicted molar refractivity (Wildman–Crippen MR) is 72.7 cm³/mol. The molecule has 0 radical (unpaired) electrons. The van der Waals surface area contributed by atoms with Crippen molar-refractivity contribution >= 4 is 15.9 Å². The summed E-state index contributed by atoms with van der Waals surface area (Å²) in [5.74, 6) is -0.282. The fraction of sp³-hybridized carbons (Fsp3) is 0.308. The summed E-state index contributed by atoms with van der Waals surface area (Å²) in [5.41, 5.74) is 8.54. The molecular weight excluding hydrogens is 297 g/mol. The minimum Gasteiger partial charge on any atom is -0.324 e. The molecule has 0 fully saturated rings. The third-order valence-electron chi connectivity index (χ3n) is 2.90. The highest BCUT2D eigenvalue weighted by atomic mass is 79.9. The minimum atomic E-state index is -0.393. The van der Waals surface area contributed by atoms with E-state index in [1.807, 2.05) is 20.0 Å². The van der Waals surface area contributed by atoms with Gasteiger partial charge in [0.1, 0.15) is 5.82 Å². The Labute approximate surface area is 114 Å². The van der Waals surface area contributed by atoms with Crippen molar-refractivity contribution in [3.05, 3.63) is 51.5 Å². The average molecular weight is 312 g/mol. The van der Waals surface area contributed by atoms with Gasteiger partial charge in [0.15, 0.2) is 0 Å². The Morgan fingerprint density at radius 3 is 2.78 bits per heavy atom. The Balaban J connectivity index is 2.27. The molecule has 3 nitrogen and oxygen atoms in total. The van der Waals surface area contributed by atoms with Crippen LogP contribution >= 0.6 is 15.9 Å². The molecule has 2 N–H and O–H groups in total. The topological polar surface area (TPSA) is 43.8 Å². The molecular formula is C13H15BrFN3. The predicted octanol–water partition coefficient (Wildman–Crippen LogP) is 2.87. The van der Waals surface area contributed by atoms with Crippen LogP contribution in [0.5, 0.6) is 0 Å². The van der Waals surface area contributed by atoms with Gasteiger partial charge in [-0.25, -0.2) is 4.39 Å². The zero-order valence-electron chi connectivity index (χ0n) is 10.3. The van der Waals surface area contributed by atoms with Gasteiger partial charge in [0, 0.05) is 35.2 Å². The lowest BCUT2D eigenvalue weighted by molar-refractivity contribution is 0.566. The van der Waals surface area contributed by atoms with Crippen molar-refractivity contribution in [2.75, 3.05) is 0 Å². The highest BCUT2D eigenvalue weighted by molar-refractivity contribution is 9.10. The van der Waals surface area contributed by atoms with E-state index in [4.69, 9.17) is 5.73 Å². The summed E-state index contributed by atoms with van der Waals surface area (Å²) in [5, 5.41) is 4.26. The van der Waals surface area contributed by atoms with E-state index >= 15 is 0 Å². The molecule has 96 valence electrons. The number of hydrogen-bond acceptors (Lipinski definition) is 2. The van der Waals surface area contributed by atoms with Crippen LogP contribution in [-0.2, 0) is 13.5 Å². The summed E-state index contributed by atoms with van der Waals surface area (Å²) in [6.07, 6.45) is 0.552. The third kappa shape index (κ3) is 2.62. The van der Waals surface area contributed by atoms with Gasteiger partial charge in [0.2, 0.25) is 0 Å². The smallest absolute Gasteiger partial charge is 0.129 e. The first-order valence-corrected chi connectivity index (χ1v) is 6.47. The number of nitrogens with zero attached hydrogens (tertiary/aromatic N) is 2. The van der Waals surface area contributed by atoms with E-state index in [2.05, 4.69) is 21.0 Å². The van der Waals surface area contributed by atoms with E-state index in [1.54, 1.807) is 16.8 Å². The van der Waals surface area contributed by atoms with Gasteiger partial charge in [0.25, 0.3) is 0 Å². The molecule has 1 heterocycles. The van der Waals surface area contributed by atoms with Gasteiger partial charge in [-0.1, -0.05) is 22.0 Å². The van der Waals surface area contributed by atoms with Crippen molar-refractivity contribution in [3.63, 3.8) is 0 Å². The van der Waals surface area contributed by atoms with Crippen LogP contribution < -0.4 is 5.73 Å². The molecule has 0 saturated heterocycles. The second kappa shape index (κ2) is 5.20. The number of aryl methyl sites for hydroxylation is 2. The summed E-state index contributed by atoms with van der Waals surface area (Å²) in [6, 6.07) is 6.45. The standard InChI is InChI=1S/C13H15BrFN3/c1-8-6-9(18(2)17-8)7-12(16)13-10(14)4-3-5-11(13)15/h3-6,12H,7,16H2,1-2H3. The van der Waals surface area contributed by atoms with Crippen LogP contribution in [0.4, 0.5) is 4.39 Å². The maximum Gasteiger partial charge on any atom is 0.129 e. The molecule has 1 aromatic carbocycles. The number of hydrogen-bond donors (Lipinski definition) is 1. The maximum atomic E-state index is 13.8. The molecule has 5 heteroatoms. The molecule has 1 unspecified atom stereocenters. The third-order valence-corrected chi connectivity index (χ3v) is 3.59. The van der Waals surface area contributed by atoms with Crippen LogP contribution in [0.1, 0.15) is 23.0 Å². The van der Waals surface area contributed by atoms with Crippen LogP contribution in [0.15, 0.2) is 28.7 Å². The van der Waals surface area contributed by atoms with Crippen molar-refractivity contribution < 1.29 is 4.39 Å². The van der Waals surface area contributed by atoms with Crippen LogP contribution in [0.2, 0.25) is 0 Å². The van der Waals surface area contributed by atoms with Crippen molar-refractivity contribution in [1.29, 1.82) is 0 Å². The molecule has 0 aliphatic heterocycles. The summed E-state index contributed by atoms with van der Waals surface area (Å²) in [7, 11) is 1.87. The van der Waals surface area contributed by atoms with Gasteiger partial charge in [-0.15, -0.1) is 0 Å². The minimum absolute atomic E-state index is 0.282.